The van der Waals surface area contributed by atoms with Gasteiger partial charge in [0.2, 0.25) is 0 Å². The fourth-order valence-electron chi connectivity index (χ4n) is 1.83. The van der Waals surface area contributed by atoms with Crippen LogP contribution in [0.25, 0.3) is 10.9 Å². The van der Waals surface area contributed by atoms with Crippen molar-refractivity contribution in [2.75, 3.05) is 5.32 Å². The zero-order valence-corrected chi connectivity index (χ0v) is 10.8. The first-order chi connectivity index (χ1) is 9.66. The first kappa shape index (κ1) is 12.4. The number of aromatic amines is 1. The van der Waals surface area contributed by atoms with Crippen LogP contribution in [0, 0.1) is 0 Å². The van der Waals surface area contributed by atoms with Crippen molar-refractivity contribution in [1.29, 1.82) is 0 Å². The summed E-state index contributed by atoms with van der Waals surface area (Å²) in [5.74, 6) is -0.724. The number of nitrogens with zero attached hydrogens (tertiary/aromatic N) is 2. The molecule has 0 saturated heterocycles. The van der Waals surface area contributed by atoms with E-state index in [0.717, 1.165) is 5.52 Å². The van der Waals surface area contributed by atoms with Gasteiger partial charge in [-0.15, -0.1) is 0 Å². The molecule has 2 aromatic heterocycles. The number of fused-ring (bicyclic) bond motifs is 1. The van der Waals surface area contributed by atoms with Gasteiger partial charge in [0.1, 0.15) is 5.75 Å². The Balaban J connectivity index is 1.95. The summed E-state index contributed by atoms with van der Waals surface area (Å²) in [6.45, 7) is 0. The van der Waals surface area contributed by atoms with Crippen molar-refractivity contribution < 1.29 is 9.90 Å². The predicted molar refractivity (Wildman–Crippen MR) is 75.0 cm³/mol. The van der Waals surface area contributed by atoms with E-state index in [2.05, 4.69) is 20.5 Å². The SMILES string of the molecule is O=C(Nc1ccc2[nH]ncc2c1Cl)c1ncccc1O. The Morgan fingerprint density at radius 1 is 1.35 bits per heavy atom. The standard InChI is InChI=1S/C13H9ClN4O2/c14-11-7-6-16-18-8(7)3-4-9(11)17-13(20)12-10(19)2-1-5-15-12/h1-6,19H,(H,16,18)(H,17,20). The number of rotatable bonds is 2. The minimum atomic E-state index is -0.534. The summed E-state index contributed by atoms with van der Waals surface area (Å²) in [4.78, 5) is 15.9. The maximum atomic E-state index is 12.0. The van der Waals surface area contributed by atoms with Crippen LogP contribution < -0.4 is 5.32 Å². The van der Waals surface area contributed by atoms with E-state index in [1.165, 1.54) is 18.3 Å². The van der Waals surface area contributed by atoms with E-state index in [1.807, 2.05) is 0 Å². The van der Waals surface area contributed by atoms with Crippen LogP contribution in [0.3, 0.4) is 0 Å². The number of hydrogen-bond acceptors (Lipinski definition) is 4. The molecule has 3 rings (SSSR count). The molecule has 3 N–H and O–H groups in total. The van der Waals surface area contributed by atoms with Crippen LogP contribution in [0.5, 0.6) is 5.75 Å². The highest BCUT2D eigenvalue weighted by Crippen LogP contribution is 2.30. The predicted octanol–water partition coefficient (Wildman–Crippen LogP) is 2.57. The molecule has 0 aliphatic rings. The Kier molecular flexibility index (Phi) is 3.00. The first-order valence-electron chi connectivity index (χ1n) is 5.74. The molecule has 0 bridgehead atoms. The lowest BCUT2D eigenvalue weighted by Gasteiger charge is -2.08. The van der Waals surface area contributed by atoms with Gasteiger partial charge in [0, 0.05) is 11.6 Å². The topological polar surface area (TPSA) is 90.9 Å². The maximum Gasteiger partial charge on any atom is 0.278 e. The van der Waals surface area contributed by atoms with Crippen LogP contribution in [0.4, 0.5) is 5.69 Å². The van der Waals surface area contributed by atoms with Gasteiger partial charge in [0.05, 0.1) is 22.4 Å². The molecule has 0 aliphatic heterocycles. The Hall–Kier alpha value is -2.60. The number of hydrogen-bond donors (Lipinski definition) is 3. The highest BCUT2D eigenvalue weighted by Gasteiger charge is 2.15. The molecule has 0 fully saturated rings. The Labute approximate surface area is 118 Å². The minimum Gasteiger partial charge on any atom is -0.505 e. The molecule has 1 amide bonds. The fraction of sp³-hybridized carbons (Fsp3) is 0. The van der Waals surface area contributed by atoms with Crippen molar-refractivity contribution in [2.45, 2.75) is 0 Å². The van der Waals surface area contributed by atoms with E-state index >= 15 is 0 Å². The highest BCUT2D eigenvalue weighted by atomic mass is 35.5. The number of H-pyrrole nitrogens is 1. The first-order valence-corrected chi connectivity index (χ1v) is 6.11. The van der Waals surface area contributed by atoms with Crippen molar-refractivity contribution in [3.8, 4) is 5.75 Å². The van der Waals surface area contributed by atoms with Gasteiger partial charge >= 0.3 is 0 Å². The maximum absolute atomic E-state index is 12.0. The molecule has 20 heavy (non-hydrogen) atoms. The van der Waals surface area contributed by atoms with Gasteiger partial charge in [-0.25, -0.2) is 4.98 Å². The largest absolute Gasteiger partial charge is 0.505 e. The Morgan fingerprint density at radius 2 is 2.20 bits per heavy atom. The minimum absolute atomic E-state index is 0.0594. The summed E-state index contributed by atoms with van der Waals surface area (Å²) in [5.41, 5.74) is 1.14. The number of nitrogens with one attached hydrogen (secondary N) is 2. The molecule has 6 nitrogen and oxygen atoms in total. The van der Waals surface area contributed by atoms with Gasteiger partial charge in [-0.1, -0.05) is 11.6 Å². The van der Waals surface area contributed by atoms with Crippen LogP contribution in [-0.4, -0.2) is 26.2 Å². The van der Waals surface area contributed by atoms with Crippen LogP contribution in [0.15, 0.2) is 36.7 Å². The smallest absolute Gasteiger partial charge is 0.278 e. The molecule has 100 valence electrons. The van der Waals surface area contributed by atoms with Gasteiger partial charge in [0.15, 0.2) is 5.69 Å². The van der Waals surface area contributed by atoms with Crippen molar-refractivity contribution in [3.05, 3.63) is 47.4 Å². The fourth-order valence-corrected chi connectivity index (χ4v) is 2.09. The molecule has 0 aliphatic carbocycles. The second-order valence-electron chi connectivity index (χ2n) is 4.08. The van der Waals surface area contributed by atoms with Crippen LogP contribution >= 0.6 is 11.6 Å². The lowest BCUT2D eigenvalue weighted by atomic mass is 10.2. The van der Waals surface area contributed by atoms with Crippen molar-refractivity contribution in [3.63, 3.8) is 0 Å². The van der Waals surface area contributed by atoms with Crippen LogP contribution in [0.2, 0.25) is 5.02 Å². The molecule has 3 aromatic rings. The van der Waals surface area contributed by atoms with E-state index in [4.69, 9.17) is 11.6 Å². The molecule has 0 unspecified atom stereocenters. The summed E-state index contributed by atoms with van der Waals surface area (Å²) in [6.07, 6.45) is 3.00. The number of anilines is 1. The quantitative estimate of drug-likeness (QED) is 0.676. The lowest BCUT2D eigenvalue weighted by molar-refractivity contribution is 0.101. The van der Waals surface area contributed by atoms with E-state index in [0.29, 0.717) is 16.1 Å². The van der Waals surface area contributed by atoms with Crippen LogP contribution in [0.1, 0.15) is 10.5 Å². The number of aromatic hydroxyl groups is 1. The van der Waals surface area contributed by atoms with Crippen molar-refractivity contribution in [2.24, 2.45) is 0 Å². The highest BCUT2D eigenvalue weighted by molar-refractivity contribution is 6.38. The van der Waals surface area contributed by atoms with Crippen LogP contribution in [-0.2, 0) is 0 Å². The molecular formula is C13H9ClN4O2. The lowest BCUT2D eigenvalue weighted by Crippen LogP contribution is -2.14. The van der Waals surface area contributed by atoms with E-state index < -0.39 is 5.91 Å². The normalized spacial score (nSPS) is 10.7. The van der Waals surface area contributed by atoms with Crippen molar-refractivity contribution >= 4 is 34.1 Å². The number of halogens is 1. The summed E-state index contributed by atoms with van der Waals surface area (Å²) < 4.78 is 0. The van der Waals surface area contributed by atoms with E-state index in [-0.39, 0.29) is 11.4 Å². The second kappa shape index (κ2) is 4.82. The molecule has 1 aromatic carbocycles. The van der Waals surface area contributed by atoms with Gasteiger partial charge in [-0.2, -0.15) is 5.10 Å². The average molecular weight is 289 g/mol. The monoisotopic (exact) mass is 288 g/mol. The number of carbonyl (C=O) groups is 1. The number of pyridine rings is 1. The molecule has 7 heteroatoms. The average Bonchev–Trinajstić information content (AvgIpc) is 2.91. The summed E-state index contributed by atoms with van der Waals surface area (Å²) in [7, 11) is 0. The third-order valence-corrected chi connectivity index (χ3v) is 3.22. The Bertz CT molecular complexity index is 800. The molecule has 0 saturated carbocycles. The van der Waals surface area contributed by atoms with Crippen molar-refractivity contribution in [1.82, 2.24) is 15.2 Å². The number of benzene rings is 1. The third-order valence-electron chi connectivity index (χ3n) is 2.81. The molecule has 0 radical (unpaired) electrons. The second-order valence-corrected chi connectivity index (χ2v) is 4.46. The van der Waals surface area contributed by atoms with Gasteiger partial charge < -0.3 is 10.4 Å². The van der Waals surface area contributed by atoms with Gasteiger partial charge in [-0.3, -0.25) is 9.89 Å². The zero-order chi connectivity index (χ0) is 14.1. The zero-order valence-electron chi connectivity index (χ0n) is 10.1. The third kappa shape index (κ3) is 2.06. The molecule has 0 atom stereocenters. The molecule has 2 heterocycles. The number of aromatic nitrogens is 3. The summed E-state index contributed by atoms with van der Waals surface area (Å²) in [5, 5.41) is 20.0. The Morgan fingerprint density at radius 3 is 3.00 bits per heavy atom. The summed E-state index contributed by atoms with van der Waals surface area (Å²) >= 11 is 6.20. The number of amides is 1. The van der Waals surface area contributed by atoms with E-state index in [1.54, 1.807) is 18.3 Å². The molecular weight excluding hydrogens is 280 g/mol. The van der Waals surface area contributed by atoms with Gasteiger partial charge in [-0.05, 0) is 24.3 Å². The number of carbonyl (C=O) groups excluding carboxylic acids is 1. The summed E-state index contributed by atoms with van der Waals surface area (Å²) in [6, 6.07) is 6.34. The van der Waals surface area contributed by atoms with Gasteiger partial charge in [0.25, 0.3) is 5.91 Å². The van der Waals surface area contributed by atoms with E-state index in [9.17, 15) is 9.90 Å². The molecule has 0 spiro atoms.